The third kappa shape index (κ3) is 3.81. The van der Waals surface area contributed by atoms with Gasteiger partial charge in [-0.15, -0.1) is 0 Å². The number of halogens is 2. The first-order valence-electron chi connectivity index (χ1n) is 4.83. The Kier molecular flexibility index (Phi) is 5.14. The van der Waals surface area contributed by atoms with E-state index < -0.39 is 12.2 Å². The molecule has 1 aromatic rings. The molecule has 0 aromatic carbocycles. The smallest absolute Gasteiger partial charge is 0.216 e. The predicted octanol–water partition coefficient (Wildman–Crippen LogP) is 0.919. The highest BCUT2D eigenvalue weighted by atomic mass is 35.5. The second kappa shape index (κ2) is 6.16. The highest BCUT2D eigenvalue weighted by Gasteiger charge is 2.23. The zero-order valence-electron chi connectivity index (χ0n) is 9.02. The minimum Gasteiger partial charge on any atom is -0.388 e. The van der Waals surface area contributed by atoms with Crippen molar-refractivity contribution in [2.45, 2.75) is 19.1 Å². The fourth-order valence-electron chi connectivity index (χ4n) is 1.26. The number of amides is 1. The molecule has 1 rings (SSSR count). The summed E-state index contributed by atoms with van der Waals surface area (Å²) in [6, 6.07) is 0. The normalized spacial score (nSPS) is 14.2. The second-order valence-electron chi connectivity index (χ2n) is 3.47. The second-order valence-corrected chi connectivity index (χ2v) is 4.28. The van der Waals surface area contributed by atoms with Gasteiger partial charge >= 0.3 is 0 Å². The molecule has 0 spiro atoms. The molecule has 94 valence electrons. The molecule has 0 saturated heterocycles. The van der Waals surface area contributed by atoms with Gasteiger partial charge in [-0.1, -0.05) is 23.2 Å². The van der Waals surface area contributed by atoms with Gasteiger partial charge < -0.3 is 15.5 Å². The lowest BCUT2D eigenvalue weighted by atomic mass is 10.1. The SMILES string of the molecule is CC(=O)NCC(O)C(O)c1c(Cl)cncc1Cl. The highest BCUT2D eigenvalue weighted by molar-refractivity contribution is 6.35. The lowest BCUT2D eigenvalue weighted by Crippen LogP contribution is -2.34. The molecule has 0 saturated carbocycles. The number of carbonyl (C=O) groups excluding carboxylic acids is 1. The van der Waals surface area contributed by atoms with Crippen LogP contribution in [0, 0.1) is 0 Å². The van der Waals surface area contributed by atoms with Crippen LogP contribution in [-0.2, 0) is 4.79 Å². The van der Waals surface area contributed by atoms with Crippen LogP contribution in [0.1, 0.15) is 18.6 Å². The molecular weight excluding hydrogens is 267 g/mol. The number of rotatable bonds is 4. The van der Waals surface area contributed by atoms with Crippen LogP contribution in [0.3, 0.4) is 0 Å². The highest BCUT2D eigenvalue weighted by Crippen LogP contribution is 2.30. The summed E-state index contributed by atoms with van der Waals surface area (Å²) in [5.74, 6) is -0.303. The van der Waals surface area contributed by atoms with Gasteiger partial charge in [0, 0.05) is 31.4 Å². The first-order valence-corrected chi connectivity index (χ1v) is 5.58. The number of aromatic nitrogens is 1. The zero-order chi connectivity index (χ0) is 13.0. The van der Waals surface area contributed by atoms with Crippen LogP contribution in [0.25, 0.3) is 0 Å². The first kappa shape index (κ1) is 14.2. The van der Waals surface area contributed by atoms with Crippen LogP contribution >= 0.6 is 23.2 Å². The Balaban J connectivity index is 2.81. The molecular formula is C10H12Cl2N2O3. The number of hydrogen-bond donors (Lipinski definition) is 3. The minimum absolute atomic E-state index is 0.0918. The third-order valence-electron chi connectivity index (χ3n) is 2.11. The number of pyridine rings is 1. The maximum absolute atomic E-state index is 10.7. The lowest BCUT2D eigenvalue weighted by molar-refractivity contribution is -0.119. The molecule has 0 radical (unpaired) electrons. The molecule has 0 aliphatic heterocycles. The van der Waals surface area contributed by atoms with Crippen molar-refractivity contribution in [2.24, 2.45) is 0 Å². The number of nitrogens with one attached hydrogen (secondary N) is 1. The van der Waals surface area contributed by atoms with Crippen molar-refractivity contribution in [3.05, 3.63) is 28.0 Å². The summed E-state index contributed by atoms with van der Waals surface area (Å²) in [7, 11) is 0. The van der Waals surface area contributed by atoms with Crippen LogP contribution in [-0.4, -0.2) is 33.8 Å². The Hall–Kier alpha value is -0.880. The lowest BCUT2D eigenvalue weighted by Gasteiger charge is -2.20. The Bertz CT molecular complexity index is 394. The van der Waals surface area contributed by atoms with E-state index in [4.69, 9.17) is 23.2 Å². The van der Waals surface area contributed by atoms with Gasteiger partial charge in [0.2, 0.25) is 5.91 Å². The molecule has 7 heteroatoms. The van der Waals surface area contributed by atoms with Crippen molar-refractivity contribution in [1.29, 1.82) is 0 Å². The molecule has 2 unspecified atom stereocenters. The Morgan fingerprint density at radius 1 is 1.41 bits per heavy atom. The van der Waals surface area contributed by atoms with E-state index in [0.29, 0.717) is 0 Å². The van der Waals surface area contributed by atoms with Crippen LogP contribution in [0.2, 0.25) is 10.0 Å². The summed E-state index contributed by atoms with van der Waals surface area (Å²) in [4.78, 5) is 14.4. The molecule has 0 aliphatic carbocycles. The number of hydrogen-bond acceptors (Lipinski definition) is 4. The van der Waals surface area contributed by atoms with Crippen LogP contribution in [0.15, 0.2) is 12.4 Å². The fraction of sp³-hybridized carbons (Fsp3) is 0.400. The van der Waals surface area contributed by atoms with Crippen molar-refractivity contribution < 1.29 is 15.0 Å². The topological polar surface area (TPSA) is 82.5 Å². The van der Waals surface area contributed by atoms with E-state index in [1.54, 1.807) is 0 Å². The van der Waals surface area contributed by atoms with Gasteiger partial charge in [0.15, 0.2) is 0 Å². The standard InChI is InChI=1S/C10H12Cl2N2O3/c1-5(15)14-4-8(16)10(17)9-6(11)2-13-3-7(9)12/h2-3,8,10,16-17H,4H2,1H3,(H,14,15). The summed E-state index contributed by atoms with van der Waals surface area (Å²) in [5, 5.41) is 22.2. The van der Waals surface area contributed by atoms with E-state index in [-0.39, 0.29) is 28.1 Å². The van der Waals surface area contributed by atoms with Crippen molar-refractivity contribution in [1.82, 2.24) is 10.3 Å². The zero-order valence-corrected chi connectivity index (χ0v) is 10.5. The number of carbonyl (C=O) groups is 1. The van der Waals surface area contributed by atoms with E-state index in [1.807, 2.05) is 0 Å². The summed E-state index contributed by atoms with van der Waals surface area (Å²) >= 11 is 11.7. The minimum atomic E-state index is -1.29. The average Bonchev–Trinajstić information content (AvgIpc) is 2.25. The summed E-state index contributed by atoms with van der Waals surface area (Å²) in [6.45, 7) is 1.22. The largest absolute Gasteiger partial charge is 0.388 e. The number of nitrogens with zero attached hydrogens (tertiary/aromatic N) is 1. The Labute approximate surface area is 108 Å². The van der Waals surface area contributed by atoms with Crippen LogP contribution in [0.4, 0.5) is 0 Å². The van der Waals surface area contributed by atoms with E-state index >= 15 is 0 Å². The van der Waals surface area contributed by atoms with Crippen molar-refractivity contribution >= 4 is 29.1 Å². The third-order valence-corrected chi connectivity index (χ3v) is 2.71. The molecule has 17 heavy (non-hydrogen) atoms. The molecule has 1 heterocycles. The molecule has 0 aliphatic rings. The van der Waals surface area contributed by atoms with Crippen LogP contribution < -0.4 is 5.32 Å². The number of aliphatic hydroxyl groups excluding tert-OH is 2. The van der Waals surface area contributed by atoms with E-state index in [9.17, 15) is 15.0 Å². The fourth-order valence-corrected chi connectivity index (χ4v) is 1.84. The summed E-state index contributed by atoms with van der Waals surface area (Å²) in [5.41, 5.74) is 0.196. The molecule has 1 amide bonds. The number of aliphatic hydroxyl groups is 2. The quantitative estimate of drug-likeness (QED) is 0.765. The van der Waals surface area contributed by atoms with Gasteiger partial charge in [-0.05, 0) is 0 Å². The van der Waals surface area contributed by atoms with Crippen molar-refractivity contribution in [3.63, 3.8) is 0 Å². The molecule has 2 atom stereocenters. The maximum atomic E-state index is 10.7. The van der Waals surface area contributed by atoms with Crippen molar-refractivity contribution in [3.8, 4) is 0 Å². The monoisotopic (exact) mass is 278 g/mol. The maximum Gasteiger partial charge on any atom is 0.216 e. The summed E-state index contributed by atoms with van der Waals surface area (Å²) < 4.78 is 0. The van der Waals surface area contributed by atoms with E-state index in [0.717, 1.165) is 0 Å². The van der Waals surface area contributed by atoms with E-state index in [2.05, 4.69) is 10.3 Å². The molecule has 5 nitrogen and oxygen atoms in total. The Morgan fingerprint density at radius 2 is 1.94 bits per heavy atom. The van der Waals surface area contributed by atoms with E-state index in [1.165, 1.54) is 19.3 Å². The van der Waals surface area contributed by atoms with Gasteiger partial charge in [0.05, 0.1) is 10.0 Å². The van der Waals surface area contributed by atoms with Crippen LogP contribution in [0.5, 0.6) is 0 Å². The molecule has 1 aromatic heterocycles. The van der Waals surface area contributed by atoms with Gasteiger partial charge in [-0.3, -0.25) is 9.78 Å². The van der Waals surface area contributed by atoms with Gasteiger partial charge in [0.25, 0.3) is 0 Å². The Morgan fingerprint density at radius 3 is 2.41 bits per heavy atom. The first-order chi connectivity index (χ1) is 7.93. The molecule has 0 bridgehead atoms. The average molecular weight is 279 g/mol. The van der Waals surface area contributed by atoms with Gasteiger partial charge in [0.1, 0.15) is 12.2 Å². The van der Waals surface area contributed by atoms with Crippen molar-refractivity contribution in [2.75, 3.05) is 6.54 Å². The van der Waals surface area contributed by atoms with Gasteiger partial charge in [-0.25, -0.2) is 0 Å². The molecule has 0 fully saturated rings. The molecule has 3 N–H and O–H groups in total. The van der Waals surface area contributed by atoms with Gasteiger partial charge in [-0.2, -0.15) is 0 Å². The summed E-state index contributed by atoms with van der Waals surface area (Å²) in [6.07, 6.45) is 0.148. The predicted molar refractivity (Wildman–Crippen MR) is 63.9 cm³/mol.